The summed E-state index contributed by atoms with van der Waals surface area (Å²) in [6.07, 6.45) is 0.323. The van der Waals surface area contributed by atoms with Crippen LogP contribution >= 0.6 is 11.6 Å². The summed E-state index contributed by atoms with van der Waals surface area (Å²) >= 11 is 5.89. The average Bonchev–Trinajstić information content (AvgIpc) is 3.06. The molecule has 0 saturated heterocycles. The van der Waals surface area contributed by atoms with Gasteiger partial charge in [0.1, 0.15) is 0 Å². The molecule has 0 aliphatic carbocycles. The molecule has 1 heterocycles. The minimum Gasteiger partial charge on any atom is -0.442 e. The van der Waals surface area contributed by atoms with Gasteiger partial charge < -0.3 is 14.6 Å². The van der Waals surface area contributed by atoms with Crippen LogP contribution in [0.1, 0.15) is 47.3 Å². The van der Waals surface area contributed by atoms with Crippen molar-refractivity contribution < 1.29 is 14.3 Å². The van der Waals surface area contributed by atoms with Crippen LogP contribution in [0.15, 0.2) is 72.8 Å². The fourth-order valence-electron chi connectivity index (χ4n) is 4.16. The van der Waals surface area contributed by atoms with E-state index in [1.54, 1.807) is 24.3 Å². The lowest BCUT2D eigenvalue weighted by Gasteiger charge is -2.17. The molecule has 1 amide bonds. The average molecular weight is 461 g/mol. The van der Waals surface area contributed by atoms with E-state index in [-0.39, 0.29) is 11.9 Å². The molecule has 168 valence electrons. The number of nitrogens with zero attached hydrogens (tertiary/aromatic N) is 1. The number of benzene rings is 3. The Morgan fingerprint density at radius 2 is 1.67 bits per heavy atom. The molecule has 33 heavy (non-hydrogen) atoms. The molecule has 1 atom stereocenters. The van der Waals surface area contributed by atoms with Crippen LogP contribution in [0, 0.1) is 6.92 Å². The molecular weight excluding hydrogens is 436 g/mol. The zero-order valence-corrected chi connectivity index (χ0v) is 19.5. The van der Waals surface area contributed by atoms with Crippen molar-refractivity contribution in [3.05, 3.63) is 100 Å². The molecule has 0 spiro atoms. The van der Waals surface area contributed by atoms with Crippen LogP contribution in [0.4, 0.5) is 5.69 Å². The third kappa shape index (κ3) is 4.94. The summed E-state index contributed by atoms with van der Waals surface area (Å²) in [6, 6.07) is 22.7. The number of amides is 1. The van der Waals surface area contributed by atoms with Crippen LogP contribution < -0.4 is 5.32 Å². The summed E-state index contributed by atoms with van der Waals surface area (Å²) in [5.41, 5.74) is 5.67. The molecule has 0 saturated carbocycles. The van der Waals surface area contributed by atoms with Crippen LogP contribution in [0.2, 0.25) is 5.02 Å². The van der Waals surface area contributed by atoms with Crippen molar-refractivity contribution in [1.82, 2.24) is 4.57 Å². The summed E-state index contributed by atoms with van der Waals surface area (Å²) < 4.78 is 7.52. The number of carbonyl (C=O) groups excluding carboxylic acids is 2. The maximum atomic E-state index is 12.4. The number of anilines is 1. The molecule has 6 heteroatoms. The first-order valence-electron chi connectivity index (χ1n) is 10.7. The fraction of sp³-hybridized carbons (Fsp3) is 0.185. The van der Waals surface area contributed by atoms with Crippen LogP contribution in [0.25, 0.3) is 10.9 Å². The Hall–Kier alpha value is -3.57. The van der Waals surface area contributed by atoms with E-state index in [0.717, 1.165) is 34.3 Å². The Morgan fingerprint density at radius 1 is 1.00 bits per heavy atom. The van der Waals surface area contributed by atoms with Gasteiger partial charge in [-0.1, -0.05) is 41.9 Å². The largest absolute Gasteiger partial charge is 0.442 e. The van der Waals surface area contributed by atoms with E-state index in [0.29, 0.717) is 10.6 Å². The summed E-state index contributed by atoms with van der Waals surface area (Å²) in [5.74, 6) is -0.491. The molecular formula is C27H25ClN2O3. The molecule has 0 aliphatic heterocycles. The van der Waals surface area contributed by atoms with Gasteiger partial charge in [-0.15, -0.1) is 0 Å². The molecule has 1 unspecified atom stereocenters. The Kier molecular flexibility index (Phi) is 6.52. The summed E-state index contributed by atoms with van der Waals surface area (Å²) in [5, 5.41) is 4.64. The Labute approximate surface area is 197 Å². The molecule has 4 rings (SSSR count). The predicted molar refractivity (Wildman–Crippen MR) is 132 cm³/mol. The number of esters is 1. The number of nitrogens with one attached hydrogen (secondary N) is 1. The van der Waals surface area contributed by atoms with E-state index >= 15 is 0 Å². The monoisotopic (exact) mass is 460 g/mol. The Balaban J connectivity index is 1.56. The van der Waals surface area contributed by atoms with Crippen molar-refractivity contribution in [2.24, 2.45) is 0 Å². The highest BCUT2D eigenvalue weighted by atomic mass is 35.5. The molecule has 4 aromatic rings. The van der Waals surface area contributed by atoms with E-state index < -0.39 is 6.23 Å². The number of para-hydroxylation sites is 1. The SMILES string of the molecule is CC(=O)OC(C)n1c(C)c(Cc2ccc(NC(=O)c3ccc(Cl)cc3)cc2)c2ccccc21. The van der Waals surface area contributed by atoms with Gasteiger partial charge in [-0.3, -0.25) is 9.59 Å². The molecule has 5 nitrogen and oxygen atoms in total. The molecule has 0 fully saturated rings. The first-order chi connectivity index (χ1) is 15.8. The lowest BCUT2D eigenvalue weighted by atomic mass is 10.0. The van der Waals surface area contributed by atoms with Gasteiger partial charge in [0.25, 0.3) is 5.91 Å². The zero-order chi connectivity index (χ0) is 23.5. The van der Waals surface area contributed by atoms with Crippen LogP contribution in [0.3, 0.4) is 0 Å². The highest BCUT2D eigenvalue weighted by Gasteiger charge is 2.19. The van der Waals surface area contributed by atoms with Crippen molar-refractivity contribution in [1.29, 1.82) is 0 Å². The molecule has 0 aliphatic rings. The smallest absolute Gasteiger partial charge is 0.304 e. The number of hydrogen-bond acceptors (Lipinski definition) is 3. The van der Waals surface area contributed by atoms with Crippen LogP contribution in [-0.2, 0) is 16.0 Å². The van der Waals surface area contributed by atoms with Crippen molar-refractivity contribution >= 4 is 40.1 Å². The minimum absolute atomic E-state index is 0.183. The molecule has 1 N–H and O–H groups in total. The molecule has 0 bridgehead atoms. The number of hydrogen-bond donors (Lipinski definition) is 1. The van der Waals surface area contributed by atoms with Crippen molar-refractivity contribution in [3.63, 3.8) is 0 Å². The summed E-state index contributed by atoms with van der Waals surface area (Å²) in [6.45, 7) is 5.35. The second-order valence-corrected chi connectivity index (χ2v) is 8.43. The number of halogens is 1. The van der Waals surface area contributed by atoms with Crippen molar-refractivity contribution in [3.8, 4) is 0 Å². The standard InChI is InChI=1S/C27H25ClN2O3/c1-17-25(24-6-4-5-7-26(24)30(17)18(2)33-19(3)31)16-20-8-14-23(15-9-20)29-27(32)21-10-12-22(28)13-11-21/h4-15,18H,16H2,1-3H3,(H,29,32). The maximum Gasteiger partial charge on any atom is 0.304 e. The van der Waals surface area contributed by atoms with Gasteiger partial charge in [0.15, 0.2) is 6.23 Å². The third-order valence-electron chi connectivity index (χ3n) is 5.69. The second-order valence-electron chi connectivity index (χ2n) is 7.99. The number of carbonyl (C=O) groups is 2. The fourth-order valence-corrected chi connectivity index (χ4v) is 4.29. The normalized spacial score (nSPS) is 11.9. The topological polar surface area (TPSA) is 60.3 Å². The van der Waals surface area contributed by atoms with E-state index in [1.165, 1.54) is 12.5 Å². The van der Waals surface area contributed by atoms with E-state index in [2.05, 4.69) is 22.9 Å². The van der Waals surface area contributed by atoms with Gasteiger partial charge in [0.2, 0.25) is 0 Å². The molecule has 3 aromatic carbocycles. The highest BCUT2D eigenvalue weighted by molar-refractivity contribution is 6.30. The predicted octanol–water partition coefficient (Wildman–Crippen LogP) is 6.53. The maximum absolute atomic E-state index is 12.4. The Morgan fingerprint density at radius 3 is 2.33 bits per heavy atom. The van der Waals surface area contributed by atoms with Gasteiger partial charge in [-0.2, -0.15) is 0 Å². The van der Waals surface area contributed by atoms with Gasteiger partial charge in [-0.05, 0) is 73.9 Å². The van der Waals surface area contributed by atoms with E-state index in [9.17, 15) is 9.59 Å². The minimum atomic E-state index is -0.397. The number of ether oxygens (including phenoxy) is 1. The number of fused-ring (bicyclic) bond motifs is 1. The van der Waals surface area contributed by atoms with Crippen molar-refractivity contribution in [2.45, 2.75) is 33.4 Å². The van der Waals surface area contributed by atoms with Gasteiger partial charge in [0.05, 0.1) is 5.52 Å². The molecule has 1 aromatic heterocycles. The third-order valence-corrected chi connectivity index (χ3v) is 5.94. The van der Waals surface area contributed by atoms with Gasteiger partial charge >= 0.3 is 5.97 Å². The molecule has 0 radical (unpaired) electrons. The number of rotatable bonds is 6. The summed E-state index contributed by atoms with van der Waals surface area (Å²) in [4.78, 5) is 24.0. The lowest BCUT2D eigenvalue weighted by Crippen LogP contribution is -2.13. The highest BCUT2D eigenvalue weighted by Crippen LogP contribution is 2.31. The Bertz CT molecular complexity index is 1310. The lowest BCUT2D eigenvalue weighted by molar-refractivity contribution is -0.149. The zero-order valence-electron chi connectivity index (χ0n) is 18.8. The van der Waals surface area contributed by atoms with Crippen LogP contribution in [0.5, 0.6) is 0 Å². The first kappa shape index (κ1) is 22.6. The summed E-state index contributed by atoms with van der Waals surface area (Å²) in [7, 11) is 0. The van der Waals surface area contributed by atoms with Crippen molar-refractivity contribution in [2.75, 3.05) is 5.32 Å². The second kappa shape index (κ2) is 9.51. The van der Waals surface area contributed by atoms with Gasteiger partial charge in [-0.25, -0.2) is 0 Å². The van der Waals surface area contributed by atoms with E-state index in [1.807, 2.05) is 49.4 Å². The van der Waals surface area contributed by atoms with Crippen LogP contribution in [-0.4, -0.2) is 16.4 Å². The number of aromatic nitrogens is 1. The van der Waals surface area contributed by atoms with Gasteiger partial charge in [0, 0.05) is 34.3 Å². The quantitative estimate of drug-likeness (QED) is 0.333. The van der Waals surface area contributed by atoms with E-state index in [4.69, 9.17) is 16.3 Å². The first-order valence-corrected chi connectivity index (χ1v) is 11.1.